The molecule has 0 aromatic heterocycles. The molecule has 0 aliphatic heterocycles. The van der Waals surface area contributed by atoms with Crippen LogP contribution < -0.4 is 14.8 Å². The lowest BCUT2D eigenvalue weighted by Crippen LogP contribution is -2.21. The molecule has 1 aliphatic carbocycles. The fraction of sp³-hybridized carbons (Fsp3) is 0.600. The highest BCUT2D eigenvalue weighted by atomic mass is 32.2. The highest BCUT2D eigenvalue weighted by molar-refractivity contribution is 7.98. The first-order chi connectivity index (χ1) is 9.11. The van der Waals surface area contributed by atoms with Crippen LogP contribution in [0.5, 0.6) is 11.5 Å². The van der Waals surface area contributed by atoms with E-state index in [0.717, 1.165) is 24.6 Å². The van der Waals surface area contributed by atoms with Gasteiger partial charge >= 0.3 is 0 Å². The summed E-state index contributed by atoms with van der Waals surface area (Å²) in [7, 11) is 3.35. The zero-order chi connectivity index (χ0) is 13.9. The van der Waals surface area contributed by atoms with Crippen LogP contribution in [0.3, 0.4) is 0 Å². The molecule has 4 heteroatoms. The molecule has 0 atom stereocenters. The Balaban J connectivity index is 2.08. The van der Waals surface area contributed by atoms with Crippen LogP contribution in [0.2, 0.25) is 0 Å². The van der Waals surface area contributed by atoms with E-state index in [2.05, 4.69) is 30.6 Å². The van der Waals surface area contributed by atoms with Gasteiger partial charge in [-0.15, -0.1) is 11.8 Å². The fourth-order valence-corrected chi connectivity index (χ4v) is 2.74. The Bertz CT molecular complexity index is 444. The number of hydrogen-bond acceptors (Lipinski definition) is 4. The Morgan fingerprint density at radius 1 is 1.21 bits per heavy atom. The van der Waals surface area contributed by atoms with Crippen LogP contribution in [0.4, 0.5) is 0 Å². The number of nitrogens with one attached hydrogen (secondary N) is 1. The Morgan fingerprint density at radius 3 is 2.37 bits per heavy atom. The monoisotopic (exact) mass is 281 g/mol. The maximum atomic E-state index is 5.37. The Hall–Kier alpha value is -0.870. The smallest absolute Gasteiger partial charge is 0.161 e. The second kappa shape index (κ2) is 6.06. The van der Waals surface area contributed by atoms with Crippen LogP contribution in [0.1, 0.15) is 25.3 Å². The molecule has 1 fully saturated rings. The molecule has 1 aromatic rings. The van der Waals surface area contributed by atoms with Crippen molar-refractivity contribution in [3.8, 4) is 11.5 Å². The van der Waals surface area contributed by atoms with Crippen molar-refractivity contribution in [3.05, 3.63) is 17.7 Å². The van der Waals surface area contributed by atoms with Crippen LogP contribution >= 0.6 is 11.8 Å². The van der Waals surface area contributed by atoms with E-state index < -0.39 is 0 Å². The number of rotatable bonds is 7. The molecule has 0 heterocycles. The summed E-state index contributed by atoms with van der Waals surface area (Å²) < 4.78 is 10.7. The van der Waals surface area contributed by atoms with Gasteiger partial charge in [0.25, 0.3) is 0 Å². The van der Waals surface area contributed by atoms with Gasteiger partial charge < -0.3 is 14.8 Å². The minimum atomic E-state index is 0.538. The molecule has 1 saturated carbocycles. The topological polar surface area (TPSA) is 30.5 Å². The van der Waals surface area contributed by atoms with Crippen LogP contribution in [0, 0.1) is 5.41 Å². The number of benzene rings is 1. The standard InChI is InChI=1S/C15H23NO2S/c1-15(5-6-15)10-16-9-11-7-12(17-2)13(18-3)8-14(11)19-4/h7-8,16H,5-6,9-10H2,1-4H3. The van der Waals surface area contributed by atoms with E-state index >= 15 is 0 Å². The molecule has 1 aromatic carbocycles. The van der Waals surface area contributed by atoms with Crippen LogP contribution in [-0.4, -0.2) is 27.0 Å². The summed E-state index contributed by atoms with van der Waals surface area (Å²) in [6.45, 7) is 4.31. The van der Waals surface area contributed by atoms with Crippen molar-refractivity contribution in [2.45, 2.75) is 31.2 Å². The second-order valence-electron chi connectivity index (χ2n) is 5.43. The molecule has 0 bridgehead atoms. The van der Waals surface area contributed by atoms with Crippen molar-refractivity contribution < 1.29 is 9.47 Å². The first-order valence-electron chi connectivity index (χ1n) is 6.61. The number of ether oxygens (including phenoxy) is 2. The maximum Gasteiger partial charge on any atom is 0.161 e. The summed E-state index contributed by atoms with van der Waals surface area (Å²) in [6, 6.07) is 4.13. The highest BCUT2D eigenvalue weighted by Crippen LogP contribution is 2.44. The second-order valence-corrected chi connectivity index (χ2v) is 6.28. The Morgan fingerprint density at radius 2 is 1.84 bits per heavy atom. The number of methoxy groups -OCH3 is 2. The molecule has 19 heavy (non-hydrogen) atoms. The lowest BCUT2D eigenvalue weighted by Gasteiger charge is -2.15. The maximum absolute atomic E-state index is 5.37. The average molecular weight is 281 g/mol. The van der Waals surface area contributed by atoms with Crippen molar-refractivity contribution in [1.29, 1.82) is 0 Å². The minimum Gasteiger partial charge on any atom is -0.493 e. The molecule has 0 saturated heterocycles. The van der Waals surface area contributed by atoms with Gasteiger partial charge in [0.15, 0.2) is 11.5 Å². The van der Waals surface area contributed by atoms with Crippen molar-refractivity contribution >= 4 is 11.8 Å². The quantitative estimate of drug-likeness (QED) is 0.777. The van der Waals surface area contributed by atoms with E-state index in [1.54, 1.807) is 26.0 Å². The van der Waals surface area contributed by atoms with Gasteiger partial charge in [0.2, 0.25) is 0 Å². The summed E-state index contributed by atoms with van der Waals surface area (Å²) in [5.41, 5.74) is 1.81. The van der Waals surface area contributed by atoms with E-state index in [1.165, 1.54) is 23.3 Å². The third-order valence-corrected chi connectivity index (χ3v) is 4.58. The SMILES string of the molecule is COc1cc(CNCC2(C)CC2)c(SC)cc1OC. The molecule has 0 radical (unpaired) electrons. The van der Waals surface area contributed by atoms with Crippen molar-refractivity contribution in [3.63, 3.8) is 0 Å². The van der Waals surface area contributed by atoms with Crippen LogP contribution in [0.25, 0.3) is 0 Å². The molecule has 1 aliphatic rings. The Labute approximate surface area is 120 Å². The van der Waals surface area contributed by atoms with Gasteiger partial charge in [0.05, 0.1) is 14.2 Å². The third kappa shape index (κ3) is 3.57. The van der Waals surface area contributed by atoms with E-state index in [9.17, 15) is 0 Å². The zero-order valence-corrected chi connectivity index (χ0v) is 13.0. The average Bonchev–Trinajstić information content (AvgIpc) is 3.16. The predicted octanol–water partition coefficient (Wildman–Crippen LogP) is 3.32. The highest BCUT2D eigenvalue weighted by Gasteiger charge is 2.36. The summed E-state index contributed by atoms with van der Waals surface area (Å²) in [5.74, 6) is 1.60. The molecule has 1 N–H and O–H groups in total. The number of hydrogen-bond donors (Lipinski definition) is 1. The fourth-order valence-electron chi connectivity index (χ4n) is 2.12. The zero-order valence-electron chi connectivity index (χ0n) is 12.2. The largest absolute Gasteiger partial charge is 0.493 e. The molecule has 106 valence electrons. The third-order valence-electron chi connectivity index (χ3n) is 3.76. The molecule has 0 amide bonds. The van der Waals surface area contributed by atoms with E-state index in [0.29, 0.717) is 5.41 Å². The summed E-state index contributed by atoms with van der Waals surface area (Å²) >= 11 is 1.74. The Kier molecular flexibility index (Phi) is 4.63. The molecule has 0 spiro atoms. The molecule has 0 unspecified atom stereocenters. The predicted molar refractivity (Wildman–Crippen MR) is 80.4 cm³/mol. The van der Waals surface area contributed by atoms with Crippen molar-refractivity contribution in [2.24, 2.45) is 5.41 Å². The van der Waals surface area contributed by atoms with Gasteiger partial charge in [-0.25, -0.2) is 0 Å². The lowest BCUT2D eigenvalue weighted by atomic mass is 10.1. The number of thioether (sulfide) groups is 1. The molecular weight excluding hydrogens is 258 g/mol. The summed E-state index contributed by atoms with van der Waals surface area (Å²) in [6.07, 6.45) is 4.79. The normalized spacial score (nSPS) is 16.2. The van der Waals surface area contributed by atoms with Gasteiger partial charge in [-0.3, -0.25) is 0 Å². The van der Waals surface area contributed by atoms with Crippen LogP contribution in [0.15, 0.2) is 17.0 Å². The lowest BCUT2D eigenvalue weighted by molar-refractivity contribution is 0.353. The van der Waals surface area contributed by atoms with Gasteiger partial charge in [-0.1, -0.05) is 6.92 Å². The van der Waals surface area contributed by atoms with Gasteiger partial charge in [-0.05, 0) is 42.2 Å². The van der Waals surface area contributed by atoms with E-state index in [-0.39, 0.29) is 0 Å². The van der Waals surface area contributed by atoms with Gasteiger partial charge in [-0.2, -0.15) is 0 Å². The van der Waals surface area contributed by atoms with Gasteiger partial charge in [0.1, 0.15) is 0 Å². The minimum absolute atomic E-state index is 0.538. The summed E-state index contributed by atoms with van der Waals surface area (Å²) in [4.78, 5) is 1.24. The molecule has 2 rings (SSSR count). The van der Waals surface area contributed by atoms with Gasteiger partial charge in [0, 0.05) is 18.0 Å². The summed E-state index contributed by atoms with van der Waals surface area (Å²) in [5, 5.41) is 3.56. The molecule has 3 nitrogen and oxygen atoms in total. The first-order valence-corrected chi connectivity index (χ1v) is 7.84. The van der Waals surface area contributed by atoms with Crippen molar-refractivity contribution in [1.82, 2.24) is 5.32 Å². The first kappa shape index (κ1) is 14.5. The molecular formula is C15H23NO2S. The van der Waals surface area contributed by atoms with E-state index in [4.69, 9.17) is 9.47 Å². The van der Waals surface area contributed by atoms with E-state index in [1.807, 2.05) is 0 Å². The van der Waals surface area contributed by atoms with Crippen LogP contribution in [-0.2, 0) is 6.54 Å². The van der Waals surface area contributed by atoms with Crippen molar-refractivity contribution in [2.75, 3.05) is 27.0 Å².